The minimum atomic E-state index is 0.179. The van der Waals surface area contributed by atoms with Gasteiger partial charge in [-0.15, -0.1) is 0 Å². The van der Waals surface area contributed by atoms with Crippen LogP contribution in [0.4, 0.5) is 0 Å². The Kier molecular flexibility index (Phi) is 5.26. The quantitative estimate of drug-likeness (QED) is 0.610. The number of hydrogen-bond acceptors (Lipinski definition) is 2. The van der Waals surface area contributed by atoms with E-state index in [0.717, 1.165) is 17.0 Å². The molecule has 0 saturated heterocycles. The average Bonchev–Trinajstić information content (AvgIpc) is 2.25. The predicted octanol–water partition coefficient (Wildman–Crippen LogP) is 3.59. The number of benzene rings is 1. The molecule has 3 heteroatoms. The van der Waals surface area contributed by atoms with Crippen molar-refractivity contribution < 1.29 is 0 Å². The van der Waals surface area contributed by atoms with Crippen molar-refractivity contribution in [3.8, 4) is 0 Å². The summed E-state index contributed by atoms with van der Waals surface area (Å²) in [6.45, 7) is 6.45. The summed E-state index contributed by atoms with van der Waals surface area (Å²) in [6, 6.07) is 6.17. The molecule has 0 aliphatic rings. The molecule has 0 aromatic heterocycles. The fourth-order valence-corrected chi connectivity index (χ4v) is 2.33. The Morgan fingerprint density at radius 1 is 1.44 bits per heavy atom. The van der Waals surface area contributed by atoms with Gasteiger partial charge in [0.15, 0.2) is 0 Å². The van der Waals surface area contributed by atoms with E-state index in [1.807, 2.05) is 19.1 Å². The van der Waals surface area contributed by atoms with Gasteiger partial charge in [0.2, 0.25) is 0 Å². The third kappa shape index (κ3) is 2.97. The molecule has 0 aliphatic carbocycles. The van der Waals surface area contributed by atoms with Gasteiger partial charge >= 0.3 is 0 Å². The molecule has 0 radical (unpaired) electrons. The monoisotopic (exact) mass is 240 g/mol. The summed E-state index contributed by atoms with van der Waals surface area (Å²) in [4.78, 5) is 0. The fourth-order valence-electron chi connectivity index (χ4n) is 2.14. The maximum absolute atomic E-state index is 6.13. The maximum Gasteiger partial charge on any atom is 0.0488 e. The topological polar surface area (TPSA) is 38.0 Å². The van der Waals surface area contributed by atoms with Gasteiger partial charge in [0.25, 0.3) is 0 Å². The molecule has 1 aromatic carbocycles. The first-order valence-electron chi connectivity index (χ1n) is 5.83. The number of halogens is 1. The normalized spacial score (nSPS) is 14.8. The van der Waals surface area contributed by atoms with Crippen molar-refractivity contribution in [2.75, 3.05) is 0 Å². The van der Waals surface area contributed by atoms with Crippen molar-refractivity contribution in [2.45, 2.75) is 39.7 Å². The molecule has 0 heterocycles. The van der Waals surface area contributed by atoms with Crippen molar-refractivity contribution in [1.82, 2.24) is 5.43 Å². The largest absolute Gasteiger partial charge is 0.271 e. The summed E-state index contributed by atoms with van der Waals surface area (Å²) in [7, 11) is 0. The van der Waals surface area contributed by atoms with E-state index >= 15 is 0 Å². The van der Waals surface area contributed by atoms with E-state index in [9.17, 15) is 0 Å². The van der Waals surface area contributed by atoms with Gasteiger partial charge in [0, 0.05) is 11.1 Å². The molecule has 0 aliphatic heterocycles. The van der Waals surface area contributed by atoms with Crippen LogP contribution in [0.3, 0.4) is 0 Å². The second-order valence-corrected chi connectivity index (χ2v) is 4.77. The lowest BCUT2D eigenvalue weighted by Gasteiger charge is -2.25. The zero-order valence-electron chi connectivity index (χ0n) is 10.3. The van der Waals surface area contributed by atoms with E-state index in [2.05, 4.69) is 25.3 Å². The predicted molar refractivity (Wildman–Crippen MR) is 70.3 cm³/mol. The van der Waals surface area contributed by atoms with Crippen molar-refractivity contribution in [3.63, 3.8) is 0 Å². The van der Waals surface area contributed by atoms with Crippen LogP contribution in [0.2, 0.25) is 5.02 Å². The van der Waals surface area contributed by atoms with Crippen LogP contribution in [0.15, 0.2) is 18.2 Å². The summed E-state index contributed by atoms with van der Waals surface area (Å²) in [5.41, 5.74) is 5.24. The van der Waals surface area contributed by atoms with E-state index < -0.39 is 0 Å². The summed E-state index contributed by atoms with van der Waals surface area (Å²) in [6.07, 6.45) is 2.32. The smallest absolute Gasteiger partial charge is 0.0488 e. The molecule has 1 rings (SSSR count). The molecule has 0 amide bonds. The Labute approximate surface area is 103 Å². The summed E-state index contributed by atoms with van der Waals surface area (Å²) in [5.74, 6) is 6.17. The second-order valence-electron chi connectivity index (χ2n) is 4.36. The Balaban J connectivity index is 2.99. The highest BCUT2D eigenvalue weighted by atomic mass is 35.5. The highest BCUT2D eigenvalue weighted by Crippen LogP contribution is 2.30. The van der Waals surface area contributed by atoms with E-state index in [1.165, 1.54) is 12.0 Å². The van der Waals surface area contributed by atoms with Crippen LogP contribution in [0, 0.1) is 12.8 Å². The van der Waals surface area contributed by atoms with E-state index in [-0.39, 0.29) is 6.04 Å². The van der Waals surface area contributed by atoms with Crippen LogP contribution in [-0.4, -0.2) is 0 Å². The zero-order valence-corrected chi connectivity index (χ0v) is 11.0. The number of nitrogens with two attached hydrogens (primary N) is 1. The molecule has 2 unspecified atom stereocenters. The number of hydrogen-bond donors (Lipinski definition) is 2. The first-order valence-corrected chi connectivity index (χ1v) is 6.20. The second kappa shape index (κ2) is 6.24. The molecule has 0 fully saturated rings. The van der Waals surface area contributed by atoms with Gasteiger partial charge in [-0.05, 0) is 36.5 Å². The molecule has 16 heavy (non-hydrogen) atoms. The van der Waals surface area contributed by atoms with E-state index in [1.54, 1.807) is 0 Å². The van der Waals surface area contributed by atoms with E-state index in [0.29, 0.717) is 5.92 Å². The van der Waals surface area contributed by atoms with Crippen LogP contribution in [0.5, 0.6) is 0 Å². The number of hydrazine groups is 1. The standard InChI is InChI=1S/C13H21ClN2/c1-4-6-9(2)13(16-15)11-7-5-8-12(14)10(11)3/h5,7-9,13,16H,4,6,15H2,1-3H3. The fraction of sp³-hybridized carbons (Fsp3) is 0.538. The van der Waals surface area contributed by atoms with Gasteiger partial charge in [-0.1, -0.05) is 44.0 Å². The lowest BCUT2D eigenvalue weighted by atomic mass is 9.89. The van der Waals surface area contributed by atoms with Crippen molar-refractivity contribution >= 4 is 11.6 Å². The average molecular weight is 241 g/mol. The number of rotatable bonds is 5. The van der Waals surface area contributed by atoms with Crippen LogP contribution in [-0.2, 0) is 0 Å². The SMILES string of the molecule is CCCC(C)C(NN)c1cccc(Cl)c1C. The third-order valence-corrected chi connectivity index (χ3v) is 3.55. The minimum Gasteiger partial charge on any atom is -0.271 e. The molecule has 0 saturated carbocycles. The van der Waals surface area contributed by atoms with Gasteiger partial charge in [0.1, 0.15) is 0 Å². The molecule has 0 bridgehead atoms. The number of nitrogens with one attached hydrogen (secondary N) is 1. The van der Waals surface area contributed by atoms with Gasteiger partial charge in [-0.2, -0.15) is 0 Å². The van der Waals surface area contributed by atoms with Crippen LogP contribution < -0.4 is 11.3 Å². The Morgan fingerprint density at radius 2 is 2.12 bits per heavy atom. The van der Waals surface area contributed by atoms with Gasteiger partial charge in [0.05, 0.1) is 0 Å². The Morgan fingerprint density at radius 3 is 2.69 bits per heavy atom. The highest BCUT2D eigenvalue weighted by Gasteiger charge is 2.19. The van der Waals surface area contributed by atoms with Gasteiger partial charge in [-0.25, -0.2) is 0 Å². The summed E-state index contributed by atoms with van der Waals surface area (Å²) < 4.78 is 0. The lowest BCUT2D eigenvalue weighted by Crippen LogP contribution is -2.33. The molecule has 2 atom stereocenters. The maximum atomic E-state index is 6.13. The summed E-state index contributed by atoms with van der Waals surface area (Å²) >= 11 is 6.13. The molecule has 1 aromatic rings. The van der Waals surface area contributed by atoms with Crippen LogP contribution in [0.1, 0.15) is 43.9 Å². The first kappa shape index (κ1) is 13.5. The first-order chi connectivity index (χ1) is 7.61. The summed E-state index contributed by atoms with van der Waals surface area (Å²) in [5, 5.41) is 0.807. The molecular weight excluding hydrogens is 220 g/mol. The molecule has 2 nitrogen and oxygen atoms in total. The van der Waals surface area contributed by atoms with Crippen molar-refractivity contribution in [1.29, 1.82) is 0 Å². The molecule has 0 spiro atoms. The minimum absolute atomic E-state index is 0.179. The molecule has 90 valence electrons. The molecule has 3 N–H and O–H groups in total. The Hall–Kier alpha value is -0.570. The Bertz CT molecular complexity index is 339. The van der Waals surface area contributed by atoms with Crippen molar-refractivity contribution in [3.05, 3.63) is 34.3 Å². The van der Waals surface area contributed by atoms with Gasteiger partial charge < -0.3 is 0 Å². The molecular formula is C13H21ClN2. The van der Waals surface area contributed by atoms with Gasteiger partial charge in [-0.3, -0.25) is 11.3 Å². The lowest BCUT2D eigenvalue weighted by molar-refractivity contribution is 0.367. The van der Waals surface area contributed by atoms with Crippen LogP contribution in [0.25, 0.3) is 0 Å². The van der Waals surface area contributed by atoms with Crippen molar-refractivity contribution in [2.24, 2.45) is 11.8 Å². The van der Waals surface area contributed by atoms with Crippen LogP contribution >= 0.6 is 11.6 Å². The third-order valence-electron chi connectivity index (χ3n) is 3.14. The highest BCUT2D eigenvalue weighted by molar-refractivity contribution is 6.31. The van der Waals surface area contributed by atoms with E-state index in [4.69, 9.17) is 17.4 Å². The zero-order chi connectivity index (χ0) is 12.1.